The molecule has 0 spiro atoms. The van der Waals surface area contributed by atoms with E-state index < -0.39 is 16.6 Å². The second kappa shape index (κ2) is 6.91. The molecule has 1 aliphatic rings. The highest BCUT2D eigenvalue weighted by molar-refractivity contribution is 6.74. The Morgan fingerprint density at radius 2 is 1.26 bits per heavy atom. The molecular formula is C18H40O3Si2. The number of hydrogen-bond donors (Lipinski definition) is 0. The molecule has 1 heterocycles. The number of ether oxygens (including phenoxy) is 1. The summed E-state index contributed by atoms with van der Waals surface area (Å²) in [5, 5.41) is 0.418. The van der Waals surface area contributed by atoms with Crippen LogP contribution >= 0.6 is 0 Å². The third-order valence-electron chi connectivity index (χ3n) is 6.10. The molecule has 1 fully saturated rings. The van der Waals surface area contributed by atoms with Gasteiger partial charge in [-0.3, -0.25) is 0 Å². The summed E-state index contributed by atoms with van der Waals surface area (Å²) < 4.78 is 19.4. The summed E-state index contributed by atoms with van der Waals surface area (Å²) in [6.07, 6.45) is 1.26. The topological polar surface area (TPSA) is 27.7 Å². The van der Waals surface area contributed by atoms with Gasteiger partial charge in [-0.05, 0) is 49.6 Å². The molecule has 3 nitrogen and oxygen atoms in total. The van der Waals surface area contributed by atoms with Crippen LogP contribution in [-0.2, 0) is 13.6 Å². The molecule has 0 amide bonds. The summed E-state index contributed by atoms with van der Waals surface area (Å²) in [6, 6.07) is 0. The van der Waals surface area contributed by atoms with Crippen molar-refractivity contribution in [2.24, 2.45) is 0 Å². The summed E-state index contributed by atoms with van der Waals surface area (Å²) in [6.45, 7) is 26.0. The first-order valence-corrected chi connectivity index (χ1v) is 14.9. The molecule has 3 atom stereocenters. The van der Waals surface area contributed by atoms with Crippen molar-refractivity contribution in [1.82, 2.24) is 0 Å². The van der Waals surface area contributed by atoms with Crippen molar-refractivity contribution in [3.8, 4) is 0 Å². The molecule has 0 aliphatic carbocycles. The number of hydrogen-bond acceptors (Lipinski definition) is 3. The summed E-state index contributed by atoms with van der Waals surface area (Å²) in [5.74, 6) is 0. The van der Waals surface area contributed by atoms with Crippen LogP contribution in [0.25, 0.3) is 0 Å². The van der Waals surface area contributed by atoms with Gasteiger partial charge in [0.05, 0.1) is 18.3 Å². The van der Waals surface area contributed by atoms with Gasteiger partial charge in [-0.2, -0.15) is 0 Å². The molecule has 1 rings (SSSR count). The molecule has 1 saturated heterocycles. The van der Waals surface area contributed by atoms with E-state index in [9.17, 15) is 0 Å². The molecule has 5 heteroatoms. The van der Waals surface area contributed by atoms with Gasteiger partial charge in [0.25, 0.3) is 0 Å². The lowest BCUT2D eigenvalue weighted by Gasteiger charge is -2.48. The Bertz CT molecular complexity index is 394. The second-order valence-corrected chi connectivity index (χ2v) is 19.6. The third kappa shape index (κ3) is 5.14. The van der Waals surface area contributed by atoms with Gasteiger partial charge in [-0.1, -0.05) is 41.5 Å². The first-order valence-electron chi connectivity index (χ1n) is 9.06. The summed E-state index contributed by atoms with van der Waals surface area (Å²) >= 11 is 0. The first-order chi connectivity index (χ1) is 10.1. The van der Waals surface area contributed by atoms with Gasteiger partial charge in [0.2, 0.25) is 0 Å². The summed E-state index contributed by atoms with van der Waals surface area (Å²) in [4.78, 5) is 0. The second-order valence-electron chi connectivity index (χ2n) is 10.1. The zero-order valence-corrected chi connectivity index (χ0v) is 19.4. The minimum absolute atomic E-state index is 0.0544. The molecule has 0 aromatic heterocycles. The van der Waals surface area contributed by atoms with E-state index in [0.717, 1.165) is 13.0 Å². The third-order valence-corrected chi connectivity index (χ3v) is 15.1. The highest BCUT2D eigenvalue weighted by Crippen LogP contribution is 2.42. The minimum Gasteiger partial charge on any atom is -0.411 e. The molecule has 0 radical (unpaired) electrons. The first kappa shape index (κ1) is 21.4. The van der Waals surface area contributed by atoms with Crippen LogP contribution in [-0.4, -0.2) is 41.6 Å². The quantitative estimate of drug-likeness (QED) is 0.613. The van der Waals surface area contributed by atoms with Crippen molar-refractivity contribution in [2.75, 3.05) is 6.61 Å². The van der Waals surface area contributed by atoms with Crippen molar-refractivity contribution in [2.45, 2.75) is 109 Å². The average Bonchev–Trinajstić information content (AvgIpc) is 2.30. The maximum Gasteiger partial charge on any atom is 0.192 e. The van der Waals surface area contributed by atoms with E-state index >= 15 is 0 Å². The van der Waals surface area contributed by atoms with Crippen LogP contribution in [0.2, 0.25) is 36.3 Å². The van der Waals surface area contributed by atoms with Gasteiger partial charge >= 0.3 is 0 Å². The van der Waals surface area contributed by atoms with Gasteiger partial charge in [0.1, 0.15) is 0 Å². The molecular weight excluding hydrogens is 320 g/mol. The van der Waals surface area contributed by atoms with Crippen molar-refractivity contribution in [3.05, 3.63) is 0 Å². The monoisotopic (exact) mass is 360 g/mol. The van der Waals surface area contributed by atoms with Crippen LogP contribution < -0.4 is 0 Å². The molecule has 0 unspecified atom stereocenters. The van der Waals surface area contributed by atoms with Crippen LogP contribution in [0, 0.1) is 0 Å². The van der Waals surface area contributed by atoms with E-state index in [-0.39, 0.29) is 28.4 Å². The Morgan fingerprint density at radius 3 is 1.70 bits per heavy atom. The molecule has 0 aromatic rings. The minimum atomic E-state index is -1.84. The van der Waals surface area contributed by atoms with Gasteiger partial charge in [-0.25, -0.2) is 0 Å². The Kier molecular flexibility index (Phi) is 6.41. The van der Waals surface area contributed by atoms with Gasteiger partial charge in [0.15, 0.2) is 16.6 Å². The Hall–Kier alpha value is 0.314. The smallest absolute Gasteiger partial charge is 0.192 e. The predicted octanol–water partition coefficient (Wildman–Crippen LogP) is 5.58. The van der Waals surface area contributed by atoms with Crippen LogP contribution in [0.5, 0.6) is 0 Å². The van der Waals surface area contributed by atoms with Crippen molar-refractivity contribution < 1.29 is 13.6 Å². The molecule has 0 bridgehead atoms. The van der Waals surface area contributed by atoms with Gasteiger partial charge < -0.3 is 13.6 Å². The zero-order valence-electron chi connectivity index (χ0n) is 17.4. The Labute approximate surface area is 146 Å². The van der Waals surface area contributed by atoms with Gasteiger partial charge in [0, 0.05) is 6.61 Å². The lowest BCUT2D eigenvalue weighted by atomic mass is 10.0. The fourth-order valence-electron chi connectivity index (χ4n) is 2.30. The molecule has 138 valence electrons. The SMILES string of the molecule is C[C@H]1OCC[C@@H](O[Si](C)(C)C(C)(C)C)[C@@H]1O[Si](C)(C)C(C)(C)C. The van der Waals surface area contributed by atoms with Crippen molar-refractivity contribution in [1.29, 1.82) is 0 Å². The van der Waals surface area contributed by atoms with E-state index in [2.05, 4.69) is 74.7 Å². The van der Waals surface area contributed by atoms with Crippen LogP contribution in [0.1, 0.15) is 54.9 Å². The lowest BCUT2D eigenvalue weighted by molar-refractivity contribution is -0.116. The van der Waals surface area contributed by atoms with E-state index in [4.69, 9.17) is 13.6 Å². The van der Waals surface area contributed by atoms with Crippen LogP contribution in [0.4, 0.5) is 0 Å². The molecule has 0 saturated carbocycles. The van der Waals surface area contributed by atoms with Crippen molar-refractivity contribution >= 4 is 16.6 Å². The van der Waals surface area contributed by atoms with E-state index in [0.29, 0.717) is 0 Å². The van der Waals surface area contributed by atoms with E-state index in [1.54, 1.807) is 0 Å². The maximum atomic E-state index is 6.74. The van der Waals surface area contributed by atoms with E-state index in [1.807, 2.05) is 0 Å². The molecule has 1 aliphatic heterocycles. The Balaban J connectivity index is 2.97. The number of rotatable bonds is 4. The zero-order chi connectivity index (χ0) is 18.3. The van der Waals surface area contributed by atoms with E-state index in [1.165, 1.54) is 0 Å². The lowest BCUT2D eigenvalue weighted by Crippen LogP contribution is -2.57. The molecule has 0 aromatic carbocycles. The van der Waals surface area contributed by atoms with Crippen molar-refractivity contribution in [3.63, 3.8) is 0 Å². The fraction of sp³-hybridized carbons (Fsp3) is 1.00. The summed E-state index contributed by atoms with van der Waals surface area (Å²) in [7, 11) is -3.65. The molecule has 23 heavy (non-hydrogen) atoms. The van der Waals surface area contributed by atoms with Crippen LogP contribution in [0.3, 0.4) is 0 Å². The largest absolute Gasteiger partial charge is 0.411 e. The maximum absolute atomic E-state index is 6.74. The fourth-order valence-corrected chi connectivity index (χ4v) is 5.04. The average molecular weight is 361 g/mol. The highest BCUT2D eigenvalue weighted by atomic mass is 28.4. The summed E-state index contributed by atoms with van der Waals surface area (Å²) in [5.41, 5.74) is 0. The normalized spacial score (nSPS) is 28.0. The molecule has 0 N–H and O–H groups in total. The predicted molar refractivity (Wildman–Crippen MR) is 104 cm³/mol. The van der Waals surface area contributed by atoms with Gasteiger partial charge in [-0.15, -0.1) is 0 Å². The van der Waals surface area contributed by atoms with Crippen LogP contribution in [0.15, 0.2) is 0 Å². The standard InChI is InChI=1S/C18H40O3Si2/c1-14-16(21-23(10,11)18(5,6)7)15(12-13-19-14)20-22(8,9)17(2,3)4/h14-16H,12-13H2,1-11H3/t14-,15-,16-/m1/s1. The highest BCUT2D eigenvalue weighted by Gasteiger charge is 2.47. The Morgan fingerprint density at radius 1 is 0.826 bits per heavy atom.